The molecule has 1 amide bonds. The van der Waals surface area contributed by atoms with Crippen LogP contribution in [0.3, 0.4) is 0 Å². The number of fused-ring (bicyclic) bond motifs is 1. The van der Waals surface area contributed by atoms with Crippen LogP contribution in [0.15, 0.2) is 6.07 Å². The molecule has 0 spiro atoms. The maximum atomic E-state index is 12.4. The van der Waals surface area contributed by atoms with Crippen molar-refractivity contribution in [2.75, 3.05) is 19.5 Å². The number of phenols is 1. The Labute approximate surface area is 148 Å². The van der Waals surface area contributed by atoms with E-state index in [0.717, 1.165) is 0 Å². The summed E-state index contributed by atoms with van der Waals surface area (Å²) in [5.74, 6) is -1.83. The Morgan fingerprint density at radius 2 is 2.16 bits per heavy atom. The van der Waals surface area contributed by atoms with Crippen molar-refractivity contribution in [3.63, 3.8) is 0 Å². The van der Waals surface area contributed by atoms with Crippen molar-refractivity contribution in [1.29, 1.82) is 0 Å². The van der Waals surface area contributed by atoms with Crippen LogP contribution >= 0.6 is 11.8 Å². The van der Waals surface area contributed by atoms with Crippen LogP contribution < -0.4 is 10.1 Å². The number of carboxylic acids is 1. The van der Waals surface area contributed by atoms with Crippen LogP contribution in [0.4, 0.5) is 0 Å². The quantitative estimate of drug-likeness (QED) is 0.662. The molecule has 0 unspecified atom stereocenters. The second-order valence-electron chi connectivity index (χ2n) is 5.44. The number of thioether (sulfide) groups is 1. The molecule has 2 rings (SSSR count). The molecule has 9 heteroatoms. The highest BCUT2D eigenvalue weighted by molar-refractivity contribution is 7.98. The number of hydrogen-bond acceptors (Lipinski definition) is 7. The van der Waals surface area contributed by atoms with Gasteiger partial charge in [0.05, 0.1) is 19.1 Å². The lowest BCUT2D eigenvalue weighted by molar-refractivity contribution is -0.141. The van der Waals surface area contributed by atoms with E-state index in [9.17, 15) is 24.6 Å². The third kappa shape index (κ3) is 4.36. The number of amides is 1. The molecule has 0 bridgehead atoms. The first-order valence-corrected chi connectivity index (χ1v) is 8.67. The monoisotopic (exact) mass is 369 g/mol. The second-order valence-corrected chi connectivity index (χ2v) is 6.47. The molecule has 136 valence electrons. The molecule has 0 fully saturated rings. The van der Waals surface area contributed by atoms with Gasteiger partial charge in [-0.05, 0) is 6.92 Å². The van der Waals surface area contributed by atoms with Crippen LogP contribution in [-0.2, 0) is 20.1 Å². The second kappa shape index (κ2) is 8.11. The molecule has 1 aromatic rings. The number of hydrogen-bond donors (Lipinski definition) is 3. The van der Waals surface area contributed by atoms with Crippen LogP contribution in [0.25, 0.3) is 0 Å². The normalized spacial score (nSPS) is 18.9. The molecule has 1 aliphatic rings. The number of carbonyl (C=O) groups excluding carboxylic acids is 2. The first-order chi connectivity index (χ1) is 11.8. The molecule has 8 nitrogen and oxygen atoms in total. The van der Waals surface area contributed by atoms with Crippen molar-refractivity contribution in [2.45, 2.75) is 25.1 Å². The Morgan fingerprint density at radius 3 is 2.80 bits per heavy atom. The van der Waals surface area contributed by atoms with Gasteiger partial charge in [-0.2, -0.15) is 11.8 Å². The highest BCUT2D eigenvalue weighted by atomic mass is 32.2. The fourth-order valence-corrected chi connectivity index (χ4v) is 3.54. The number of cyclic esters (lactones) is 1. The summed E-state index contributed by atoms with van der Waals surface area (Å²) in [6.07, 6.45) is -0.148. The van der Waals surface area contributed by atoms with E-state index >= 15 is 0 Å². The van der Waals surface area contributed by atoms with Gasteiger partial charge in [0.2, 0.25) is 5.91 Å². The Kier molecular flexibility index (Phi) is 6.13. The number of aromatic hydroxyl groups is 1. The Balaban J connectivity index is 2.41. The zero-order chi connectivity index (χ0) is 18.6. The molecule has 0 aliphatic carbocycles. The molecule has 0 saturated carbocycles. The molecule has 0 aromatic heterocycles. The number of ether oxygens (including phenoxy) is 2. The molecule has 0 saturated heterocycles. The van der Waals surface area contributed by atoms with Crippen molar-refractivity contribution >= 4 is 29.6 Å². The van der Waals surface area contributed by atoms with E-state index in [0.29, 0.717) is 16.9 Å². The number of esters is 1. The summed E-state index contributed by atoms with van der Waals surface area (Å²) < 4.78 is 10.3. The molecule has 1 aromatic carbocycles. The highest BCUT2D eigenvalue weighted by Crippen LogP contribution is 2.35. The van der Waals surface area contributed by atoms with Crippen LogP contribution in [-0.4, -0.2) is 53.6 Å². The summed E-state index contributed by atoms with van der Waals surface area (Å²) in [6, 6.07) is 0.349. The average Bonchev–Trinajstić information content (AvgIpc) is 2.55. The van der Waals surface area contributed by atoms with E-state index in [1.165, 1.54) is 24.9 Å². The zero-order valence-corrected chi connectivity index (χ0v) is 14.6. The number of benzene rings is 1. The van der Waals surface area contributed by atoms with Gasteiger partial charge in [-0.3, -0.25) is 4.79 Å². The van der Waals surface area contributed by atoms with E-state index in [-0.39, 0.29) is 35.8 Å². The van der Waals surface area contributed by atoms with Gasteiger partial charge in [0.15, 0.2) is 0 Å². The summed E-state index contributed by atoms with van der Waals surface area (Å²) >= 11 is 1.18. The smallest absolute Gasteiger partial charge is 0.338 e. The summed E-state index contributed by atoms with van der Waals surface area (Å²) in [6.45, 7) is 1.47. The lowest BCUT2D eigenvalue weighted by Crippen LogP contribution is -2.43. The van der Waals surface area contributed by atoms with Crippen molar-refractivity contribution in [2.24, 2.45) is 0 Å². The van der Waals surface area contributed by atoms with Crippen LogP contribution in [0, 0.1) is 6.92 Å². The van der Waals surface area contributed by atoms with Crippen molar-refractivity contribution in [1.82, 2.24) is 5.32 Å². The largest absolute Gasteiger partial charge is 0.507 e. The van der Waals surface area contributed by atoms with Gasteiger partial charge in [0.1, 0.15) is 24.1 Å². The van der Waals surface area contributed by atoms with Crippen LogP contribution in [0.5, 0.6) is 11.5 Å². The number of carboxylic acid groups (broad SMARTS) is 1. The summed E-state index contributed by atoms with van der Waals surface area (Å²) in [5, 5.41) is 21.8. The predicted molar refractivity (Wildman–Crippen MR) is 90.0 cm³/mol. The molecule has 0 radical (unpaired) electrons. The van der Waals surface area contributed by atoms with Crippen molar-refractivity contribution in [3.8, 4) is 11.5 Å². The van der Waals surface area contributed by atoms with Crippen LogP contribution in [0.2, 0.25) is 0 Å². The standard InChI is InChI=1S/C16H19NO7S/c1-8-12(23-2)5-11(18)9-6-25-7-10(15(20)21)17-13(19)3-4-24-16(22)14(8)9/h5,10,18H,3-4,6-7H2,1-2H3,(H,17,19)(H,20,21)/t10-/m0/s1. The minimum atomic E-state index is -1.15. The average molecular weight is 369 g/mol. The number of aliphatic carboxylic acids is 1. The maximum absolute atomic E-state index is 12.4. The molecule has 3 N–H and O–H groups in total. The Morgan fingerprint density at radius 1 is 1.44 bits per heavy atom. The summed E-state index contributed by atoms with van der Waals surface area (Å²) in [5.41, 5.74) is 1.04. The van der Waals surface area contributed by atoms with E-state index < -0.39 is 23.9 Å². The fraction of sp³-hybridized carbons (Fsp3) is 0.438. The third-order valence-corrected chi connectivity index (χ3v) is 4.84. The molecule has 25 heavy (non-hydrogen) atoms. The lowest BCUT2D eigenvalue weighted by atomic mass is 10.0. The summed E-state index contributed by atoms with van der Waals surface area (Å²) in [7, 11) is 1.42. The van der Waals surface area contributed by atoms with Gasteiger partial charge in [-0.1, -0.05) is 0 Å². The molecular weight excluding hydrogens is 350 g/mol. The topological polar surface area (TPSA) is 122 Å². The number of phenolic OH excluding ortho intramolecular Hbond substituents is 1. The SMILES string of the molecule is COc1cc(O)c2c(c1C)C(=O)OCCC(=O)N[C@H](C(=O)O)CSC2. The van der Waals surface area contributed by atoms with Crippen molar-refractivity contribution in [3.05, 3.63) is 22.8 Å². The third-order valence-electron chi connectivity index (χ3n) is 3.77. The van der Waals surface area contributed by atoms with E-state index in [2.05, 4.69) is 5.32 Å². The van der Waals surface area contributed by atoms with E-state index in [1.807, 2.05) is 0 Å². The number of carbonyl (C=O) groups is 3. The van der Waals surface area contributed by atoms with Gasteiger partial charge in [-0.25, -0.2) is 9.59 Å². The minimum Gasteiger partial charge on any atom is -0.507 e. The lowest BCUT2D eigenvalue weighted by Gasteiger charge is -2.19. The van der Waals surface area contributed by atoms with Gasteiger partial charge in [0, 0.05) is 28.7 Å². The van der Waals surface area contributed by atoms with Gasteiger partial charge < -0.3 is 25.0 Å². The number of rotatable bonds is 2. The minimum absolute atomic E-state index is 0.0973. The molecule has 1 aliphatic heterocycles. The number of nitrogens with one attached hydrogen (secondary N) is 1. The first kappa shape index (κ1) is 18.9. The number of methoxy groups -OCH3 is 1. The zero-order valence-electron chi connectivity index (χ0n) is 13.8. The summed E-state index contributed by atoms with van der Waals surface area (Å²) in [4.78, 5) is 35.4. The fourth-order valence-electron chi connectivity index (χ4n) is 2.46. The Hall–Kier alpha value is -2.42. The van der Waals surface area contributed by atoms with E-state index in [4.69, 9.17) is 9.47 Å². The first-order valence-electron chi connectivity index (χ1n) is 7.51. The van der Waals surface area contributed by atoms with E-state index in [1.54, 1.807) is 6.92 Å². The Bertz CT molecular complexity index is 704. The van der Waals surface area contributed by atoms with Gasteiger partial charge in [-0.15, -0.1) is 0 Å². The molecular formula is C16H19NO7S. The highest BCUT2D eigenvalue weighted by Gasteiger charge is 2.26. The maximum Gasteiger partial charge on any atom is 0.338 e. The van der Waals surface area contributed by atoms with Gasteiger partial charge in [0.25, 0.3) is 0 Å². The van der Waals surface area contributed by atoms with Crippen molar-refractivity contribution < 1.29 is 34.1 Å². The predicted octanol–water partition coefficient (Wildman–Crippen LogP) is 1.07. The van der Waals surface area contributed by atoms with Gasteiger partial charge >= 0.3 is 11.9 Å². The molecule has 1 atom stereocenters. The molecule has 1 heterocycles. The van der Waals surface area contributed by atoms with Crippen LogP contribution in [0.1, 0.15) is 27.9 Å².